The first-order valence-corrected chi connectivity index (χ1v) is 6.85. The van der Waals surface area contributed by atoms with Gasteiger partial charge in [-0.2, -0.15) is 0 Å². The van der Waals surface area contributed by atoms with Gasteiger partial charge in [-0.1, -0.05) is 13.8 Å². The maximum absolute atomic E-state index is 5.38. The highest BCUT2D eigenvalue weighted by atomic mass is 16.5. The fourth-order valence-corrected chi connectivity index (χ4v) is 1.86. The molecule has 0 spiro atoms. The molecule has 0 aliphatic rings. The largest absolute Gasteiger partial charge is 0.490 e. The van der Waals surface area contributed by atoms with Gasteiger partial charge in [-0.05, 0) is 20.0 Å². The van der Waals surface area contributed by atoms with E-state index in [9.17, 15) is 0 Å². The van der Waals surface area contributed by atoms with Crippen LogP contribution in [0.4, 0.5) is 11.6 Å². The van der Waals surface area contributed by atoms with Crippen molar-refractivity contribution in [2.24, 2.45) is 0 Å². The lowest BCUT2D eigenvalue weighted by atomic mass is 10.4. The molecule has 0 radical (unpaired) electrons. The maximum atomic E-state index is 5.38. The lowest BCUT2D eigenvalue weighted by Gasteiger charge is -2.19. The van der Waals surface area contributed by atoms with Crippen molar-refractivity contribution in [3.05, 3.63) is 6.33 Å². The van der Waals surface area contributed by atoms with Gasteiger partial charge in [-0.15, -0.1) is 0 Å². The Bertz CT molecular complexity index is 368. The smallest absolute Gasteiger partial charge is 0.204 e. The van der Waals surface area contributed by atoms with Crippen LogP contribution < -0.4 is 15.4 Å². The zero-order valence-electron chi connectivity index (χ0n) is 12.4. The number of rotatable bonds is 9. The number of ether oxygens (including phenoxy) is 1. The molecule has 1 aromatic rings. The first kappa shape index (κ1) is 15.5. The van der Waals surface area contributed by atoms with Gasteiger partial charge >= 0.3 is 0 Å². The molecular formula is C13H25N5O. The summed E-state index contributed by atoms with van der Waals surface area (Å²) in [5.74, 6) is 2.13. The fourth-order valence-electron chi connectivity index (χ4n) is 1.86. The second kappa shape index (κ2) is 8.53. The van der Waals surface area contributed by atoms with Crippen LogP contribution in [-0.2, 0) is 0 Å². The summed E-state index contributed by atoms with van der Waals surface area (Å²) >= 11 is 0. The Hall–Kier alpha value is -1.56. The maximum Gasteiger partial charge on any atom is 0.204 e. The Balaban J connectivity index is 2.64. The lowest BCUT2D eigenvalue weighted by molar-refractivity contribution is 0.315. The van der Waals surface area contributed by atoms with Crippen LogP contribution in [0.1, 0.15) is 20.8 Å². The number of methoxy groups -OCH3 is 1. The van der Waals surface area contributed by atoms with Crippen molar-refractivity contribution >= 4 is 11.6 Å². The van der Waals surface area contributed by atoms with Gasteiger partial charge in [0.15, 0.2) is 11.6 Å². The van der Waals surface area contributed by atoms with E-state index in [0.29, 0.717) is 5.75 Å². The average molecular weight is 267 g/mol. The molecule has 0 saturated heterocycles. The molecule has 0 aromatic carbocycles. The molecule has 2 N–H and O–H groups in total. The molecule has 1 heterocycles. The highest BCUT2D eigenvalue weighted by molar-refractivity contribution is 5.63. The normalized spacial score (nSPS) is 10.6. The Morgan fingerprint density at radius 3 is 2.26 bits per heavy atom. The van der Waals surface area contributed by atoms with Crippen molar-refractivity contribution in [2.75, 3.05) is 50.5 Å². The summed E-state index contributed by atoms with van der Waals surface area (Å²) in [6.07, 6.45) is 1.54. The topological polar surface area (TPSA) is 62.3 Å². The van der Waals surface area contributed by atoms with E-state index in [1.165, 1.54) is 0 Å². The van der Waals surface area contributed by atoms with Gasteiger partial charge in [0.05, 0.1) is 7.11 Å². The fraction of sp³-hybridized carbons (Fsp3) is 0.692. The molecule has 0 bridgehead atoms. The van der Waals surface area contributed by atoms with E-state index in [4.69, 9.17) is 4.74 Å². The molecule has 108 valence electrons. The van der Waals surface area contributed by atoms with Gasteiger partial charge in [0.2, 0.25) is 5.75 Å². The predicted molar refractivity (Wildman–Crippen MR) is 79.0 cm³/mol. The van der Waals surface area contributed by atoms with Crippen LogP contribution >= 0.6 is 0 Å². The highest BCUT2D eigenvalue weighted by Gasteiger charge is 2.11. The Morgan fingerprint density at radius 2 is 1.74 bits per heavy atom. The van der Waals surface area contributed by atoms with Gasteiger partial charge in [0.25, 0.3) is 0 Å². The van der Waals surface area contributed by atoms with Crippen LogP contribution in [0.25, 0.3) is 0 Å². The van der Waals surface area contributed by atoms with Crippen LogP contribution in [-0.4, -0.2) is 54.7 Å². The first-order valence-electron chi connectivity index (χ1n) is 6.85. The molecule has 6 nitrogen and oxygen atoms in total. The van der Waals surface area contributed by atoms with E-state index < -0.39 is 0 Å². The third kappa shape index (κ3) is 4.55. The van der Waals surface area contributed by atoms with E-state index in [2.05, 4.69) is 39.3 Å². The van der Waals surface area contributed by atoms with Gasteiger partial charge in [0, 0.05) is 19.6 Å². The quantitative estimate of drug-likeness (QED) is 0.709. The second-order valence-corrected chi connectivity index (χ2v) is 4.09. The van der Waals surface area contributed by atoms with Crippen LogP contribution in [0.3, 0.4) is 0 Å². The van der Waals surface area contributed by atoms with E-state index in [-0.39, 0.29) is 0 Å². The second-order valence-electron chi connectivity index (χ2n) is 4.09. The Morgan fingerprint density at radius 1 is 1.11 bits per heavy atom. The van der Waals surface area contributed by atoms with Crippen LogP contribution in [0.5, 0.6) is 5.75 Å². The van der Waals surface area contributed by atoms with Gasteiger partial charge in [-0.3, -0.25) is 0 Å². The summed E-state index contributed by atoms with van der Waals surface area (Å²) in [4.78, 5) is 10.8. The Kier molecular flexibility index (Phi) is 6.95. The van der Waals surface area contributed by atoms with E-state index >= 15 is 0 Å². The van der Waals surface area contributed by atoms with Crippen molar-refractivity contribution in [1.29, 1.82) is 0 Å². The van der Waals surface area contributed by atoms with Crippen molar-refractivity contribution in [2.45, 2.75) is 20.8 Å². The number of anilines is 2. The summed E-state index contributed by atoms with van der Waals surface area (Å²) in [5, 5.41) is 6.47. The number of hydrogen-bond donors (Lipinski definition) is 2. The predicted octanol–water partition coefficient (Wildman–Crippen LogP) is 1.67. The summed E-state index contributed by atoms with van der Waals surface area (Å²) in [6.45, 7) is 11.1. The minimum atomic E-state index is 0.670. The SMILES string of the molecule is CCNc1ncnc(NCCN(CC)CC)c1OC. The molecular weight excluding hydrogens is 242 g/mol. The highest BCUT2D eigenvalue weighted by Crippen LogP contribution is 2.28. The average Bonchev–Trinajstić information content (AvgIpc) is 2.44. The summed E-state index contributed by atoms with van der Waals surface area (Å²) in [7, 11) is 1.63. The Labute approximate surface area is 115 Å². The molecule has 0 fully saturated rings. The summed E-state index contributed by atoms with van der Waals surface area (Å²) < 4.78 is 5.38. The summed E-state index contributed by atoms with van der Waals surface area (Å²) in [6, 6.07) is 0. The van der Waals surface area contributed by atoms with Crippen molar-refractivity contribution in [3.63, 3.8) is 0 Å². The number of nitrogens with one attached hydrogen (secondary N) is 2. The molecule has 0 atom stereocenters. The molecule has 1 rings (SSSR count). The van der Waals surface area contributed by atoms with Crippen molar-refractivity contribution < 1.29 is 4.74 Å². The van der Waals surface area contributed by atoms with Crippen molar-refractivity contribution in [3.8, 4) is 5.75 Å². The van der Waals surface area contributed by atoms with E-state index in [1.807, 2.05) is 6.92 Å². The van der Waals surface area contributed by atoms with Crippen molar-refractivity contribution in [1.82, 2.24) is 14.9 Å². The minimum absolute atomic E-state index is 0.670. The first-order chi connectivity index (χ1) is 9.26. The van der Waals surface area contributed by atoms with Gasteiger partial charge in [0.1, 0.15) is 6.33 Å². The van der Waals surface area contributed by atoms with Crippen LogP contribution in [0, 0.1) is 0 Å². The molecule has 0 unspecified atom stereocenters. The monoisotopic (exact) mass is 267 g/mol. The zero-order chi connectivity index (χ0) is 14.1. The number of nitrogens with zero attached hydrogens (tertiary/aromatic N) is 3. The zero-order valence-corrected chi connectivity index (χ0v) is 12.4. The molecule has 0 amide bonds. The van der Waals surface area contributed by atoms with Gasteiger partial charge < -0.3 is 20.3 Å². The molecule has 0 saturated carbocycles. The molecule has 0 aliphatic carbocycles. The van der Waals surface area contributed by atoms with Crippen LogP contribution in [0.15, 0.2) is 6.33 Å². The van der Waals surface area contributed by atoms with Crippen LogP contribution in [0.2, 0.25) is 0 Å². The van der Waals surface area contributed by atoms with Gasteiger partial charge in [-0.25, -0.2) is 9.97 Å². The third-order valence-corrected chi connectivity index (χ3v) is 2.97. The molecule has 0 aliphatic heterocycles. The number of hydrogen-bond acceptors (Lipinski definition) is 6. The third-order valence-electron chi connectivity index (χ3n) is 2.97. The molecule has 19 heavy (non-hydrogen) atoms. The standard InChI is InChI=1S/C13H25N5O/c1-5-14-12-11(19-4)13(17-10-16-12)15-8-9-18(6-2)7-3/h10H,5-9H2,1-4H3,(H2,14,15,16,17). The number of aromatic nitrogens is 2. The number of likely N-dealkylation sites (N-methyl/N-ethyl adjacent to an activating group) is 1. The van der Waals surface area contributed by atoms with E-state index in [1.54, 1.807) is 13.4 Å². The molecule has 1 aromatic heterocycles. The summed E-state index contributed by atoms with van der Waals surface area (Å²) in [5.41, 5.74) is 0. The molecule has 6 heteroatoms. The lowest BCUT2D eigenvalue weighted by Crippen LogP contribution is -2.28. The van der Waals surface area contributed by atoms with E-state index in [0.717, 1.165) is 44.4 Å². The minimum Gasteiger partial charge on any atom is -0.490 e.